The van der Waals surface area contributed by atoms with Gasteiger partial charge in [0.05, 0.1) is 6.61 Å². The third-order valence-corrected chi connectivity index (χ3v) is 2.89. The molecule has 1 N–H and O–H groups in total. The molecule has 0 saturated heterocycles. The lowest BCUT2D eigenvalue weighted by molar-refractivity contribution is -0.137. The number of benzene rings is 1. The van der Waals surface area contributed by atoms with Gasteiger partial charge in [-0.1, -0.05) is 18.2 Å². The van der Waals surface area contributed by atoms with Crippen molar-refractivity contribution in [2.75, 3.05) is 6.61 Å². The van der Waals surface area contributed by atoms with E-state index in [2.05, 4.69) is 4.98 Å². The van der Waals surface area contributed by atoms with E-state index in [9.17, 15) is 4.79 Å². The van der Waals surface area contributed by atoms with Crippen molar-refractivity contribution in [1.82, 2.24) is 4.98 Å². The van der Waals surface area contributed by atoms with Crippen molar-refractivity contribution in [3.63, 3.8) is 0 Å². The minimum atomic E-state index is -0.737. The first-order valence-electron chi connectivity index (χ1n) is 6.46. The molecule has 4 heteroatoms. The van der Waals surface area contributed by atoms with Gasteiger partial charge in [-0.25, -0.2) is 0 Å². The molecule has 2 rings (SSSR count). The second-order valence-corrected chi connectivity index (χ2v) is 4.38. The van der Waals surface area contributed by atoms with Crippen LogP contribution in [0.2, 0.25) is 0 Å². The number of para-hydroxylation sites is 1. The van der Waals surface area contributed by atoms with Gasteiger partial charge >= 0.3 is 5.97 Å². The van der Waals surface area contributed by atoms with Crippen LogP contribution < -0.4 is 4.74 Å². The van der Waals surface area contributed by atoms with E-state index < -0.39 is 5.97 Å². The number of hydrogen-bond donors (Lipinski definition) is 1. The summed E-state index contributed by atoms with van der Waals surface area (Å²) in [4.78, 5) is 14.7. The monoisotopic (exact) mass is 259 g/mol. The van der Waals surface area contributed by atoms with Gasteiger partial charge in [0.1, 0.15) is 11.3 Å². The number of hydrogen-bond acceptors (Lipinski definition) is 3. The molecule has 0 aliphatic carbocycles. The molecule has 1 aromatic carbocycles. The summed E-state index contributed by atoms with van der Waals surface area (Å²) in [6, 6.07) is 9.76. The van der Waals surface area contributed by atoms with Gasteiger partial charge in [0.2, 0.25) is 0 Å². The van der Waals surface area contributed by atoms with E-state index >= 15 is 0 Å². The van der Waals surface area contributed by atoms with Crippen molar-refractivity contribution >= 4 is 16.9 Å². The zero-order chi connectivity index (χ0) is 13.5. The average molecular weight is 259 g/mol. The van der Waals surface area contributed by atoms with E-state index in [1.54, 1.807) is 6.20 Å². The summed E-state index contributed by atoms with van der Waals surface area (Å²) in [5.74, 6) is 0.0514. The third kappa shape index (κ3) is 3.95. The van der Waals surface area contributed by atoms with Crippen LogP contribution in [-0.2, 0) is 4.79 Å². The fraction of sp³-hybridized carbons (Fsp3) is 0.333. The molecule has 1 heterocycles. The Labute approximate surface area is 112 Å². The predicted octanol–water partition coefficient (Wildman–Crippen LogP) is 3.26. The molecule has 0 fully saturated rings. The van der Waals surface area contributed by atoms with Gasteiger partial charge in [0.15, 0.2) is 0 Å². The van der Waals surface area contributed by atoms with Crippen LogP contribution in [0, 0.1) is 0 Å². The van der Waals surface area contributed by atoms with Gasteiger partial charge in [-0.2, -0.15) is 0 Å². The number of aliphatic carboxylic acids is 1. The van der Waals surface area contributed by atoms with Crippen molar-refractivity contribution in [2.24, 2.45) is 0 Å². The van der Waals surface area contributed by atoms with Crippen LogP contribution in [0.25, 0.3) is 10.9 Å². The Balaban J connectivity index is 1.83. The number of rotatable bonds is 7. The van der Waals surface area contributed by atoms with E-state index in [0.717, 1.165) is 29.5 Å². The molecule has 4 nitrogen and oxygen atoms in total. The fourth-order valence-corrected chi connectivity index (χ4v) is 1.93. The highest BCUT2D eigenvalue weighted by Gasteiger charge is 2.02. The number of ether oxygens (including phenoxy) is 1. The number of unbranched alkanes of at least 4 members (excludes halogenated alkanes) is 2. The standard InChI is InChI=1S/C15H17NO3/c17-14(18)9-2-1-3-11-19-13-8-4-6-12-7-5-10-16-15(12)13/h4-8,10H,1-3,9,11H2,(H,17,18). The second kappa shape index (κ2) is 6.73. The van der Waals surface area contributed by atoms with Crippen LogP contribution >= 0.6 is 0 Å². The molecule has 0 aliphatic rings. The molecule has 1 aromatic heterocycles. The van der Waals surface area contributed by atoms with E-state index in [0.29, 0.717) is 13.0 Å². The highest BCUT2D eigenvalue weighted by molar-refractivity contribution is 5.84. The Morgan fingerprint density at radius 3 is 2.84 bits per heavy atom. The van der Waals surface area contributed by atoms with Crippen LogP contribution in [0.15, 0.2) is 36.5 Å². The Bertz CT molecular complexity index is 549. The van der Waals surface area contributed by atoms with Crippen molar-refractivity contribution in [3.8, 4) is 5.75 Å². The molecule has 0 bridgehead atoms. The summed E-state index contributed by atoms with van der Waals surface area (Å²) < 4.78 is 5.72. The normalized spacial score (nSPS) is 10.5. The molecule has 19 heavy (non-hydrogen) atoms. The first kappa shape index (κ1) is 13.3. The fourth-order valence-electron chi connectivity index (χ4n) is 1.93. The number of nitrogens with zero attached hydrogens (tertiary/aromatic N) is 1. The first-order chi connectivity index (χ1) is 9.27. The molecular formula is C15H17NO3. The molecule has 0 aliphatic heterocycles. The summed E-state index contributed by atoms with van der Waals surface area (Å²) in [7, 11) is 0. The third-order valence-electron chi connectivity index (χ3n) is 2.89. The SMILES string of the molecule is O=C(O)CCCCCOc1cccc2cccnc12. The van der Waals surface area contributed by atoms with Crippen molar-refractivity contribution in [3.05, 3.63) is 36.5 Å². The lowest BCUT2D eigenvalue weighted by Gasteiger charge is -2.08. The maximum absolute atomic E-state index is 10.4. The lowest BCUT2D eigenvalue weighted by atomic mass is 10.2. The van der Waals surface area contributed by atoms with Gasteiger partial charge in [0.25, 0.3) is 0 Å². The number of carbonyl (C=O) groups is 1. The minimum Gasteiger partial charge on any atom is -0.491 e. The summed E-state index contributed by atoms with van der Waals surface area (Å²) in [6.45, 7) is 0.593. The number of carboxylic acids is 1. The van der Waals surface area contributed by atoms with Gasteiger partial charge in [-0.3, -0.25) is 9.78 Å². The zero-order valence-corrected chi connectivity index (χ0v) is 10.7. The lowest BCUT2D eigenvalue weighted by Crippen LogP contribution is -2.00. The molecule has 100 valence electrons. The number of fused-ring (bicyclic) bond motifs is 1. The zero-order valence-electron chi connectivity index (χ0n) is 10.7. The van der Waals surface area contributed by atoms with Gasteiger partial charge in [-0.05, 0) is 31.4 Å². The van der Waals surface area contributed by atoms with Crippen LogP contribution in [0.5, 0.6) is 5.75 Å². The highest BCUT2D eigenvalue weighted by Crippen LogP contribution is 2.23. The Morgan fingerprint density at radius 2 is 2.00 bits per heavy atom. The highest BCUT2D eigenvalue weighted by atomic mass is 16.5. The van der Waals surface area contributed by atoms with Crippen molar-refractivity contribution in [2.45, 2.75) is 25.7 Å². The van der Waals surface area contributed by atoms with E-state index in [-0.39, 0.29) is 6.42 Å². The number of carboxylic acid groups (broad SMARTS) is 1. The maximum atomic E-state index is 10.4. The summed E-state index contributed by atoms with van der Waals surface area (Å²) >= 11 is 0. The summed E-state index contributed by atoms with van der Waals surface area (Å²) in [6.07, 6.45) is 4.41. The molecule has 0 amide bonds. The van der Waals surface area contributed by atoms with Crippen molar-refractivity contribution in [1.29, 1.82) is 0 Å². The predicted molar refractivity (Wildman–Crippen MR) is 73.3 cm³/mol. The number of pyridine rings is 1. The molecule has 0 saturated carbocycles. The molecule has 0 atom stereocenters. The van der Waals surface area contributed by atoms with Crippen LogP contribution in [0.4, 0.5) is 0 Å². The minimum absolute atomic E-state index is 0.232. The van der Waals surface area contributed by atoms with Crippen molar-refractivity contribution < 1.29 is 14.6 Å². The first-order valence-corrected chi connectivity index (χ1v) is 6.46. The molecule has 0 unspecified atom stereocenters. The molecule has 2 aromatic rings. The number of aromatic nitrogens is 1. The van der Waals surface area contributed by atoms with Gasteiger partial charge in [-0.15, -0.1) is 0 Å². The maximum Gasteiger partial charge on any atom is 0.303 e. The Kier molecular flexibility index (Phi) is 4.72. The van der Waals surface area contributed by atoms with E-state index in [1.807, 2.05) is 30.3 Å². The second-order valence-electron chi connectivity index (χ2n) is 4.38. The van der Waals surface area contributed by atoms with Crippen LogP contribution in [0.3, 0.4) is 0 Å². The Hall–Kier alpha value is -2.10. The topological polar surface area (TPSA) is 59.4 Å². The average Bonchev–Trinajstić information content (AvgIpc) is 2.42. The van der Waals surface area contributed by atoms with Crippen LogP contribution in [-0.4, -0.2) is 22.7 Å². The smallest absolute Gasteiger partial charge is 0.303 e. The van der Waals surface area contributed by atoms with Gasteiger partial charge < -0.3 is 9.84 Å². The van der Waals surface area contributed by atoms with E-state index in [1.165, 1.54) is 0 Å². The van der Waals surface area contributed by atoms with Gasteiger partial charge in [0, 0.05) is 18.0 Å². The molecular weight excluding hydrogens is 242 g/mol. The Morgan fingerprint density at radius 1 is 1.16 bits per heavy atom. The van der Waals surface area contributed by atoms with Crippen LogP contribution in [0.1, 0.15) is 25.7 Å². The van der Waals surface area contributed by atoms with E-state index in [4.69, 9.17) is 9.84 Å². The molecule has 0 spiro atoms. The molecule has 0 radical (unpaired) electrons. The largest absolute Gasteiger partial charge is 0.491 e. The summed E-state index contributed by atoms with van der Waals surface area (Å²) in [5.41, 5.74) is 0.871. The quantitative estimate of drug-likeness (QED) is 0.775. The summed E-state index contributed by atoms with van der Waals surface area (Å²) in [5, 5.41) is 9.59.